The molecule has 0 spiro atoms. The number of benzene rings is 1. The lowest BCUT2D eigenvalue weighted by Gasteiger charge is -2.07. The molecular weight excluding hydrogens is 258 g/mol. The summed E-state index contributed by atoms with van der Waals surface area (Å²) in [4.78, 5) is 0. The molecule has 1 aromatic heterocycles. The van der Waals surface area contributed by atoms with Gasteiger partial charge in [-0.3, -0.25) is 0 Å². The zero-order valence-electron chi connectivity index (χ0n) is 11.4. The molecule has 0 atom stereocenters. The summed E-state index contributed by atoms with van der Waals surface area (Å²) in [6.07, 6.45) is 2.32. The summed E-state index contributed by atoms with van der Waals surface area (Å²) in [6, 6.07) is 11.5. The Morgan fingerprint density at radius 3 is 2.35 bits per heavy atom. The van der Waals surface area contributed by atoms with Crippen LogP contribution in [0.3, 0.4) is 0 Å². The highest BCUT2D eigenvalue weighted by Gasteiger charge is 1.96. The molecule has 0 N–H and O–H groups in total. The van der Waals surface area contributed by atoms with Gasteiger partial charge in [0.2, 0.25) is 0 Å². The van der Waals surface area contributed by atoms with Crippen molar-refractivity contribution in [3.8, 4) is 5.75 Å². The Labute approximate surface area is 118 Å². The van der Waals surface area contributed by atoms with Crippen molar-refractivity contribution in [2.45, 2.75) is 6.42 Å². The second-order valence-corrected chi connectivity index (χ2v) is 4.13. The first-order valence-electron chi connectivity index (χ1n) is 6.68. The molecule has 0 aliphatic rings. The van der Waals surface area contributed by atoms with E-state index < -0.39 is 0 Å². The third kappa shape index (κ3) is 5.86. The Morgan fingerprint density at radius 1 is 0.850 bits per heavy atom. The summed E-state index contributed by atoms with van der Waals surface area (Å²) in [6.45, 7) is 2.86. The standard InChI is InChI=1S/C15H19NO4/c1-2-4-15(5-3-1)19-13-12-18-11-10-17-8-6-14-7-9-20-16-14/h1-5,7,9H,6,8,10-13H2. The quantitative estimate of drug-likeness (QED) is 0.624. The minimum absolute atomic E-state index is 0.545. The first-order chi connectivity index (χ1) is 9.95. The molecule has 2 aromatic rings. The number of rotatable bonds is 10. The van der Waals surface area contributed by atoms with Gasteiger partial charge < -0.3 is 18.7 Å². The topological polar surface area (TPSA) is 53.7 Å². The minimum atomic E-state index is 0.545. The fourth-order valence-corrected chi connectivity index (χ4v) is 1.60. The van der Waals surface area contributed by atoms with Crippen molar-refractivity contribution < 1.29 is 18.7 Å². The minimum Gasteiger partial charge on any atom is -0.491 e. The van der Waals surface area contributed by atoms with Gasteiger partial charge >= 0.3 is 0 Å². The molecular formula is C15H19NO4. The van der Waals surface area contributed by atoms with Gasteiger partial charge in [0.15, 0.2) is 0 Å². The van der Waals surface area contributed by atoms with E-state index in [2.05, 4.69) is 5.16 Å². The lowest BCUT2D eigenvalue weighted by molar-refractivity contribution is 0.0370. The lowest BCUT2D eigenvalue weighted by Crippen LogP contribution is -2.11. The third-order valence-electron chi connectivity index (χ3n) is 2.61. The van der Waals surface area contributed by atoms with E-state index in [1.165, 1.54) is 0 Å². The maximum atomic E-state index is 5.50. The molecule has 0 saturated heterocycles. The van der Waals surface area contributed by atoms with Crippen LogP contribution >= 0.6 is 0 Å². The summed E-state index contributed by atoms with van der Waals surface area (Å²) < 4.78 is 21.1. The predicted octanol–water partition coefficient (Wildman–Crippen LogP) is 2.33. The van der Waals surface area contributed by atoms with Gasteiger partial charge in [0.25, 0.3) is 0 Å². The van der Waals surface area contributed by atoms with Crippen LogP contribution < -0.4 is 4.74 Å². The van der Waals surface area contributed by atoms with Gasteiger partial charge in [-0.05, 0) is 12.1 Å². The van der Waals surface area contributed by atoms with E-state index >= 15 is 0 Å². The summed E-state index contributed by atoms with van der Waals surface area (Å²) in [5.74, 6) is 0.861. The van der Waals surface area contributed by atoms with Crippen LogP contribution in [0.2, 0.25) is 0 Å². The van der Waals surface area contributed by atoms with Crippen LogP contribution in [0, 0.1) is 0 Å². The fourth-order valence-electron chi connectivity index (χ4n) is 1.60. The fraction of sp³-hybridized carbons (Fsp3) is 0.400. The number of hydrogen-bond acceptors (Lipinski definition) is 5. The highest BCUT2D eigenvalue weighted by Crippen LogP contribution is 2.07. The van der Waals surface area contributed by atoms with Crippen molar-refractivity contribution in [3.63, 3.8) is 0 Å². The van der Waals surface area contributed by atoms with Gasteiger partial charge in [-0.25, -0.2) is 0 Å². The number of nitrogens with zero attached hydrogens (tertiary/aromatic N) is 1. The Kier molecular flexibility index (Phi) is 6.64. The predicted molar refractivity (Wildman–Crippen MR) is 73.8 cm³/mol. The Hall–Kier alpha value is -1.85. The molecule has 1 heterocycles. The Balaban J connectivity index is 1.39. The number of para-hydroxylation sites is 1. The third-order valence-corrected chi connectivity index (χ3v) is 2.61. The van der Waals surface area contributed by atoms with E-state index in [1.54, 1.807) is 6.26 Å². The van der Waals surface area contributed by atoms with E-state index in [-0.39, 0.29) is 0 Å². The summed E-state index contributed by atoms with van der Waals surface area (Å²) >= 11 is 0. The lowest BCUT2D eigenvalue weighted by atomic mass is 10.3. The zero-order valence-corrected chi connectivity index (χ0v) is 11.4. The molecule has 0 aliphatic heterocycles. The van der Waals surface area contributed by atoms with Crippen LogP contribution in [0.1, 0.15) is 5.69 Å². The van der Waals surface area contributed by atoms with Crippen molar-refractivity contribution in [3.05, 3.63) is 48.4 Å². The van der Waals surface area contributed by atoms with Crippen molar-refractivity contribution in [2.75, 3.05) is 33.0 Å². The molecule has 5 nitrogen and oxygen atoms in total. The molecule has 1 aromatic carbocycles. The van der Waals surface area contributed by atoms with Gasteiger partial charge in [-0.1, -0.05) is 23.4 Å². The molecule has 0 bridgehead atoms. The second kappa shape index (κ2) is 9.12. The van der Waals surface area contributed by atoms with Crippen LogP contribution in [0.5, 0.6) is 5.75 Å². The van der Waals surface area contributed by atoms with Crippen molar-refractivity contribution in [2.24, 2.45) is 0 Å². The van der Waals surface area contributed by atoms with Crippen molar-refractivity contribution in [1.82, 2.24) is 5.16 Å². The smallest absolute Gasteiger partial charge is 0.124 e. The van der Waals surface area contributed by atoms with Gasteiger partial charge in [0, 0.05) is 12.5 Å². The van der Waals surface area contributed by atoms with Gasteiger partial charge in [-0.2, -0.15) is 0 Å². The maximum absolute atomic E-state index is 5.50. The van der Waals surface area contributed by atoms with E-state index in [0.29, 0.717) is 33.0 Å². The average molecular weight is 277 g/mol. The first kappa shape index (κ1) is 14.6. The zero-order chi connectivity index (χ0) is 13.9. The van der Waals surface area contributed by atoms with Crippen LogP contribution in [0.4, 0.5) is 0 Å². The molecule has 0 aliphatic carbocycles. The summed E-state index contributed by atoms with van der Waals surface area (Å²) in [5.41, 5.74) is 0.905. The Bertz CT molecular complexity index is 444. The van der Waals surface area contributed by atoms with Crippen LogP contribution in [-0.2, 0) is 15.9 Å². The van der Waals surface area contributed by atoms with Crippen LogP contribution in [-0.4, -0.2) is 38.2 Å². The summed E-state index contributed by atoms with van der Waals surface area (Å²) in [5, 5.41) is 3.80. The molecule has 0 fully saturated rings. The normalized spacial score (nSPS) is 10.6. The second-order valence-electron chi connectivity index (χ2n) is 4.13. The molecule has 108 valence electrons. The van der Waals surface area contributed by atoms with Crippen LogP contribution in [0.15, 0.2) is 47.2 Å². The highest BCUT2D eigenvalue weighted by atomic mass is 16.5. The van der Waals surface area contributed by atoms with Crippen molar-refractivity contribution in [1.29, 1.82) is 0 Å². The number of hydrogen-bond donors (Lipinski definition) is 0. The Morgan fingerprint density at radius 2 is 1.60 bits per heavy atom. The monoisotopic (exact) mass is 277 g/mol. The molecule has 2 rings (SSSR count). The van der Waals surface area contributed by atoms with E-state index in [1.807, 2.05) is 36.4 Å². The van der Waals surface area contributed by atoms with E-state index in [9.17, 15) is 0 Å². The molecule has 0 unspecified atom stereocenters. The molecule has 20 heavy (non-hydrogen) atoms. The van der Waals surface area contributed by atoms with E-state index in [0.717, 1.165) is 17.9 Å². The summed E-state index contributed by atoms with van der Waals surface area (Å²) in [7, 11) is 0. The van der Waals surface area contributed by atoms with Gasteiger partial charge in [0.05, 0.1) is 32.1 Å². The maximum Gasteiger partial charge on any atom is 0.124 e. The molecule has 5 heteroatoms. The number of aromatic nitrogens is 1. The molecule has 0 saturated carbocycles. The van der Waals surface area contributed by atoms with E-state index in [4.69, 9.17) is 18.7 Å². The van der Waals surface area contributed by atoms with Gasteiger partial charge in [-0.15, -0.1) is 0 Å². The largest absolute Gasteiger partial charge is 0.491 e. The first-order valence-corrected chi connectivity index (χ1v) is 6.68. The highest BCUT2D eigenvalue weighted by molar-refractivity contribution is 5.20. The number of ether oxygens (including phenoxy) is 3. The average Bonchev–Trinajstić information content (AvgIpc) is 3.00. The SMILES string of the molecule is c1ccc(OCCOCCOCCc2ccon2)cc1. The molecule has 0 amide bonds. The van der Waals surface area contributed by atoms with Gasteiger partial charge in [0.1, 0.15) is 18.6 Å². The van der Waals surface area contributed by atoms with Crippen molar-refractivity contribution >= 4 is 0 Å². The van der Waals surface area contributed by atoms with Crippen LogP contribution in [0.25, 0.3) is 0 Å². The molecule has 0 radical (unpaired) electrons.